The number of rotatable bonds is 7. The molecule has 0 bridgehead atoms. The first kappa shape index (κ1) is 18.8. The first-order chi connectivity index (χ1) is 13.1. The molecule has 1 N–H and O–H groups in total. The lowest BCUT2D eigenvalue weighted by Crippen LogP contribution is -2.27. The third kappa shape index (κ3) is 4.62. The number of ether oxygens (including phenoxy) is 1. The Morgan fingerprint density at radius 3 is 2.59 bits per heavy atom. The van der Waals surface area contributed by atoms with Crippen LogP contribution in [-0.2, 0) is 0 Å². The summed E-state index contributed by atoms with van der Waals surface area (Å²) in [7, 11) is 1.64. The Bertz CT molecular complexity index is 814. The van der Waals surface area contributed by atoms with Crippen molar-refractivity contribution in [3.63, 3.8) is 0 Å². The zero-order chi connectivity index (χ0) is 19.2. The van der Waals surface area contributed by atoms with E-state index >= 15 is 0 Å². The van der Waals surface area contributed by atoms with Gasteiger partial charge in [-0.2, -0.15) is 0 Å². The maximum atomic E-state index is 10.9. The van der Waals surface area contributed by atoms with Crippen molar-refractivity contribution in [1.29, 1.82) is 0 Å². The standard InChI is InChI=1S/C20H23N3O4/c1-27-18-7-4-15(5-8-18)19(22-10-2-3-11-22)14-21-13-16-12-17(23(25)26)6-9-20(16)24/h4-9,12-13,19,24H,2-3,10-11,14H2,1H3/t19-/m1/s1. The van der Waals surface area contributed by atoms with Gasteiger partial charge in [0.25, 0.3) is 5.69 Å². The van der Waals surface area contributed by atoms with E-state index in [9.17, 15) is 15.2 Å². The number of aliphatic imine (C=N–C) groups is 1. The van der Waals surface area contributed by atoms with Gasteiger partial charge in [0.1, 0.15) is 11.5 Å². The number of nitro groups is 1. The van der Waals surface area contributed by atoms with Crippen LogP contribution in [0.3, 0.4) is 0 Å². The maximum absolute atomic E-state index is 10.9. The third-order valence-corrected chi connectivity index (χ3v) is 4.81. The number of aromatic hydroxyl groups is 1. The second kappa shape index (κ2) is 8.64. The Hall–Kier alpha value is -2.93. The molecule has 1 aliphatic heterocycles. The van der Waals surface area contributed by atoms with Gasteiger partial charge in [0, 0.05) is 23.9 Å². The molecule has 3 rings (SSSR count). The average molecular weight is 369 g/mol. The number of nitro benzene ring substituents is 1. The van der Waals surface area contributed by atoms with Crippen LogP contribution in [0.2, 0.25) is 0 Å². The molecule has 7 nitrogen and oxygen atoms in total. The molecule has 0 saturated carbocycles. The van der Waals surface area contributed by atoms with E-state index in [-0.39, 0.29) is 17.5 Å². The minimum Gasteiger partial charge on any atom is -0.507 e. The predicted octanol–water partition coefficient (Wildman–Crippen LogP) is 3.57. The number of phenolic OH excluding ortho intramolecular Hbond substituents is 1. The fraction of sp³-hybridized carbons (Fsp3) is 0.350. The van der Waals surface area contributed by atoms with Crippen LogP contribution in [0.1, 0.15) is 30.0 Å². The van der Waals surface area contributed by atoms with Gasteiger partial charge < -0.3 is 9.84 Å². The van der Waals surface area contributed by atoms with Gasteiger partial charge >= 0.3 is 0 Å². The van der Waals surface area contributed by atoms with Crippen LogP contribution in [0.25, 0.3) is 0 Å². The number of likely N-dealkylation sites (tertiary alicyclic amines) is 1. The largest absolute Gasteiger partial charge is 0.507 e. The molecule has 142 valence electrons. The quantitative estimate of drug-likeness (QED) is 0.458. The van der Waals surface area contributed by atoms with Crippen molar-refractivity contribution in [2.75, 3.05) is 26.7 Å². The molecule has 1 atom stereocenters. The van der Waals surface area contributed by atoms with E-state index in [1.807, 2.05) is 24.3 Å². The predicted molar refractivity (Wildman–Crippen MR) is 104 cm³/mol. The Morgan fingerprint density at radius 2 is 1.96 bits per heavy atom. The normalized spacial score (nSPS) is 15.9. The summed E-state index contributed by atoms with van der Waals surface area (Å²) in [5.74, 6) is 0.787. The molecule has 27 heavy (non-hydrogen) atoms. The summed E-state index contributed by atoms with van der Waals surface area (Å²) in [5.41, 5.74) is 1.43. The van der Waals surface area contributed by atoms with Gasteiger partial charge in [-0.25, -0.2) is 0 Å². The molecular formula is C20H23N3O4. The average Bonchev–Trinajstić information content (AvgIpc) is 3.21. The monoisotopic (exact) mass is 369 g/mol. The Balaban J connectivity index is 1.79. The minimum atomic E-state index is -0.485. The zero-order valence-electron chi connectivity index (χ0n) is 15.2. The minimum absolute atomic E-state index is 0.0217. The maximum Gasteiger partial charge on any atom is 0.270 e. The third-order valence-electron chi connectivity index (χ3n) is 4.81. The van der Waals surface area contributed by atoms with Crippen LogP contribution >= 0.6 is 0 Å². The molecule has 2 aromatic carbocycles. The zero-order valence-corrected chi connectivity index (χ0v) is 15.2. The van der Waals surface area contributed by atoms with Crippen molar-refractivity contribution < 1.29 is 14.8 Å². The molecule has 0 aromatic heterocycles. The SMILES string of the molecule is COc1ccc([C@@H](CN=Cc2cc([N+](=O)[O-])ccc2O)N2CCCC2)cc1. The van der Waals surface area contributed by atoms with Gasteiger partial charge in [-0.05, 0) is 49.7 Å². The first-order valence-corrected chi connectivity index (χ1v) is 8.93. The van der Waals surface area contributed by atoms with Crippen molar-refractivity contribution in [3.8, 4) is 11.5 Å². The number of benzene rings is 2. The molecule has 1 saturated heterocycles. The molecule has 0 amide bonds. The number of non-ortho nitro benzene ring substituents is 1. The lowest BCUT2D eigenvalue weighted by atomic mass is 10.1. The van der Waals surface area contributed by atoms with E-state index in [1.54, 1.807) is 7.11 Å². The molecule has 1 heterocycles. The van der Waals surface area contributed by atoms with Gasteiger partial charge in [-0.3, -0.25) is 20.0 Å². The van der Waals surface area contributed by atoms with Gasteiger partial charge in [0.15, 0.2) is 0 Å². The van der Waals surface area contributed by atoms with Crippen molar-refractivity contribution >= 4 is 11.9 Å². The Morgan fingerprint density at radius 1 is 1.26 bits per heavy atom. The van der Waals surface area contributed by atoms with E-state index in [4.69, 9.17) is 4.74 Å². The Kier molecular flexibility index (Phi) is 6.03. The van der Waals surface area contributed by atoms with Crippen molar-refractivity contribution in [2.45, 2.75) is 18.9 Å². The molecule has 0 unspecified atom stereocenters. The number of nitrogens with zero attached hydrogens (tertiary/aromatic N) is 3. The van der Waals surface area contributed by atoms with E-state index < -0.39 is 4.92 Å². The number of hydrogen-bond acceptors (Lipinski definition) is 6. The fourth-order valence-corrected chi connectivity index (χ4v) is 3.32. The molecule has 7 heteroatoms. The summed E-state index contributed by atoms with van der Waals surface area (Å²) < 4.78 is 5.23. The fourth-order valence-electron chi connectivity index (χ4n) is 3.32. The topological polar surface area (TPSA) is 88.2 Å². The highest BCUT2D eigenvalue weighted by molar-refractivity contribution is 5.84. The van der Waals surface area contributed by atoms with Crippen molar-refractivity contribution in [2.24, 2.45) is 4.99 Å². The summed E-state index contributed by atoms with van der Waals surface area (Å²) in [6.45, 7) is 2.55. The van der Waals surface area contributed by atoms with Crippen LogP contribution in [0.4, 0.5) is 5.69 Å². The summed E-state index contributed by atoms with van der Waals surface area (Å²) >= 11 is 0. The van der Waals surface area contributed by atoms with Crippen LogP contribution < -0.4 is 4.74 Å². The van der Waals surface area contributed by atoms with E-state index in [0.717, 1.165) is 24.4 Å². The highest BCUT2D eigenvalue weighted by atomic mass is 16.6. The van der Waals surface area contributed by atoms with Crippen LogP contribution in [0.5, 0.6) is 11.5 Å². The van der Waals surface area contributed by atoms with E-state index in [2.05, 4.69) is 9.89 Å². The first-order valence-electron chi connectivity index (χ1n) is 8.93. The van der Waals surface area contributed by atoms with Gasteiger partial charge in [0.2, 0.25) is 0 Å². The van der Waals surface area contributed by atoms with Crippen LogP contribution in [0, 0.1) is 10.1 Å². The molecule has 0 radical (unpaired) electrons. The van der Waals surface area contributed by atoms with Gasteiger partial charge in [-0.15, -0.1) is 0 Å². The summed E-state index contributed by atoms with van der Waals surface area (Å²) in [4.78, 5) is 17.3. The van der Waals surface area contributed by atoms with Crippen LogP contribution in [-0.4, -0.2) is 47.9 Å². The Labute approximate surface area is 158 Å². The lowest BCUT2D eigenvalue weighted by Gasteiger charge is -2.26. The molecular weight excluding hydrogens is 346 g/mol. The summed E-state index contributed by atoms with van der Waals surface area (Å²) in [6, 6.07) is 12.0. The van der Waals surface area contributed by atoms with Gasteiger partial charge in [0.05, 0.1) is 24.6 Å². The van der Waals surface area contributed by atoms with E-state index in [1.165, 1.54) is 37.3 Å². The second-order valence-electron chi connectivity index (χ2n) is 6.53. The molecule has 0 aliphatic carbocycles. The number of hydrogen-bond donors (Lipinski definition) is 1. The lowest BCUT2D eigenvalue weighted by molar-refractivity contribution is -0.384. The van der Waals surface area contributed by atoms with Crippen molar-refractivity contribution in [3.05, 3.63) is 63.7 Å². The summed E-state index contributed by atoms with van der Waals surface area (Å²) in [6.07, 6.45) is 3.85. The molecule has 1 aliphatic rings. The summed E-state index contributed by atoms with van der Waals surface area (Å²) in [5, 5.41) is 20.9. The smallest absolute Gasteiger partial charge is 0.270 e. The molecule has 2 aromatic rings. The number of phenols is 1. The van der Waals surface area contributed by atoms with Gasteiger partial charge in [-0.1, -0.05) is 12.1 Å². The highest BCUT2D eigenvalue weighted by Gasteiger charge is 2.23. The molecule has 1 fully saturated rings. The van der Waals surface area contributed by atoms with Crippen LogP contribution in [0.15, 0.2) is 47.5 Å². The van der Waals surface area contributed by atoms with Crippen molar-refractivity contribution in [1.82, 2.24) is 4.90 Å². The highest BCUT2D eigenvalue weighted by Crippen LogP contribution is 2.27. The molecule has 0 spiro atoms. The number of methoxy groups -OCH3 is 1. The second-order valence-corrected chi connectivity index (χ2v) is 6.53. The van der Waals surface area contributed by atoms with E-state index in [0.29, 0.717) is 12.1 Å².